The van der Waals surface area contributed by atoms with E-state index in [1.54, 1.807) is 13.2 Å². The molecule has 2 nitrogen and oxygen atoms in total. The molecule has 0 saturated carbocycles. The normalized spacial score (nSPS) is 11.9. The summed E-state index contributed by atoms with van der Waals surface area (Å²) < 4.78 is 18.2. The lowest BCUT2D eigenvalue weighted by molar-refractivity contribution is 0.199. The van der Waals surface area contributed by atoms with E-state index >= 15 is 0 Å². The van der Waals surface area contributed by atoms with Crippen molar-refractivity contribution in [1.82, 2.24) is 5.32 Å². The molecule has 0 aliphatic heterocycles. The molecule has 0 aromatic heterocycles. The average Bonchev–Trinajstić information content (AvgIpc) is 2.38. The van der Waals surface area contributed by atoms with Crippen LogP contribution in [0.5, 0.6) is 0 Å². The average molecular weight is 286 g/mol. The van der Waals surface area contributed by atoms with Crippen molar-refractivity contribution in [2.45, 2.75) is 19.8 Å². The molecular weight excluding hydrogens is 265 g/mol. The Kier molecular flexibility index (Phi) is 7.72. The number of allylic oxidation sites excluding steroid dienone is 1. The molecule has 1 aromatic rings. The summed E-state index contributed by atoms with van der Waals surface area (Å²) in [6.07, 6.45) is 3.89. The number of methoxy groups -OCH3 is 1. The van der Waals surface area contributed by atoms with Crippen molar-refractivity contribution in [1.29, 1.82) is 0 Å². The predicted octanol–water partition coefficient (Wildman–Crippen LogP) is 3.59. The third-order valence-corrected chi connectivity index (χ3v) is 3.07. The third kappa shape index (κ3) is 6.71. The van der Waals surface area contributed by atoms with Crippen molar-refractivity contribution in [2.75, 3.05) is 26.8 Å². The van der Waals surface area contributed by atoms with Gasteiger partial charge in [0, 0.05) is 13.7 Å². The van der Waals surface area contributed by atoms with Crippen LogP contribution in [0, 0.1) is 5.82 Å². The van der Waals surface area contributed by atoms with Gasteiger partial charge in [-0.3, -0.25) is 0 Å². The lowest BCUT2D eigenvalue weighted by atomic mass is 10.1. The van der Waals surface area contributed by atoms with Crippen molar-refractivity contribution < 1.29 is 9.13 Å². The van der Waals surface area contributed by atoms with Gasteiger partial charge in [-0.1, -0.05) is 29.3 Å². The summed E-state index contributed by atoms with van der Waals surface area (Å²) in [6.45, 7) is 4.58. The van der Waals surface area contributed by atoms with Crippen LogP contribution < -0.4 is 5.32 Å². The van der Waals surface area contributed by atoms with Crippen molar-refractivity contribution in [3.8, 4) is 0 Å². The molecule has 1 rings (SSSR count). The number of halogens is 2. The lowest BCUT2D eigenvalue weighted by Crippen LogP contribution is -2.19. The molecule has 0 saturated heterocycles. The Morgan fingerprint density at radius 3 is 2.89 bits per heavy atom. The van der Waals surface area contributed by atoms with E-state index in [-0.39, 0.29) is 10.8 Å². The van der Waals surface area contributed by atoms with Crippen LogP contribution in [0.3, 0.4) is 0 Å². The van der Waals surface area contributed by atoms with Gasteiger partial charge in [0.15, 0.2) is 0 Å². The molecule has 0 aliphatic rings. The lowest BCUT2D eigenvalue weighted by Gasteiger charge is -2.05. The van der Waals surface area contributed by atoms with E-state index in [1.807, 2.05) is 6.07 Å². The van der Waals surface area contributed by atoms with E-state index in [0.717, 1.165) is 38.1 Å². The molecule has 0 atom stereocenters. The highest BCUT2D eigenvalue weighted by molar-refractivity contribution is 6.30. The van der Waals surface area contributed by atoms with Crippen LogP contribution in [0.1, 0.15) is 18.9 Å². The number of benzene rings is 1. The molecule has 0 heterocycles. The van der Waals surface area contributed by atoms with Crippen LogP contribution in [0.2, 0.25) is 5.02 Å². The molecule has 1 aromatic carbocycles. The van der Waals surface area contributed by atoms with Crippen molar-refractivity contribution in [2.24, 2.45) is 0 Å². The highest BCUT2D eigenvalue weighted by Gasteiger charge is 2.01. The van der Waals surface area contributed by atoms with Gasteiger partial charge in [0.05, 0.1) is 11.6 Å². The molecule has 19 heavy (non-hydrogen) atoms. The van der Waals surface area contributed by atoms with Crippen LogP contribution in [-0.4, -0.2) is 26.8 Å². The van der Waals surface area contributed by atoms with Gasteiger partial charge in [-0.05, 0) is 44.0 Å². The first-order valence-corrected chi connectivity index (χ1v) is 6.80. The van der Waals surface area contributed by atoms with Gasteiger partial charge in [-0.15, -0.1) is 0 Å². The molecule has 0 unspecified atom stereocenters. The largest absolute Gasteiger partial charge is 0.383 e. The fourth-order valence-corrected chi connectivity index (χ4v) is 1.88. The summed E-state index contributed by atoms with van der Waals surface area (Å²) in [5.41, 5.74) is 2.18. The van der Waals surface area contributed by atoms with Crippen molar-refractivity contribution in [3.05, 3.63) is 46.3 Å². The molecule has 0 radical (unpaired) electrons. The minimum Gasteiger partial charge on any atom is -0.383 e. The van der Waals surface area contributed by atoms with Gasteiger partial charge in [0.25, 0.3) is 0 Å². The summed E-state index contributed by atoms with van der Waals surface area (Å²) in [6, 6.07) is 4.96. The standard InChI is InChI=1S/C15H21ClFNO/c1-12(4-3-7-18-8-9-19-2)10-13-5-6-14(16)15(17)11-13/h4-6,11,18H,3,7-10H2,1-2H3/b12-4-. The maximum Gasteiger partial charge on any atom is 0.142 e. The fourth-order valence-electron chi connectivity index (χ4n) is 1.76. The first kappa shape index (κ1) is 16.2. The monoisotopic (exact) mass is 285 g/mol. The molecule has 0 amide bonds. The van der Waals surface area contributed by atoms with E-state index in [4.69, 9.17) is 16.3 Å². The first-order valence-electron chi connectivity index (χ1n) is 6.42. The summed E-state index contributed by atoms with van der Waals surface area (Å²) in [5, 5.41) is 3.45. The number of ether oxygens (including phenoxy) is 1. The second-order valence-electron chi connectivity index (χ2n) is 4.51. The van der Waals surface area contributed by atoms with Crippen LogP contribution in [0.25, 0.3) is 0 Å². The minimum absolute atomic E-state index is 0.174. The maximum absolute atomic E-state index is 13.3. The Hall–Kier alpha value is -0.900. The summed E-state index contributed by atoms with van der Waals surface area (Å²) >= 11 is 5.65. The minimum atomic E-state index is -0.354. The number of hydrogen-bond acceptors (Lipinski definition) is 2. The first-order chi connectivity index (χ1) is 9.13. The van der Waals surface area contributed by atoms with Crippen LogP contribution in [-0.2, 0) is 11.2 Å². The van der Waals surface area contributed by atoms with Gasteiger partial charge in [-0.25, -0.2) is 4.39 Å². The zero-order chi connectivity index (χ0) is 14.1. The van der Waals surface area contributed by atoms with Crippen LogP contribution >= 0.6 is 11.6 Å². The molecular formula is C15H21ClFNO. The van der Waals surface area contributed by atoms with Gasteiger partial charge in [0.1, 0.15) is 5.82 Å². The number of nitrogens with one attached hydrogen (secondary N) is 1. The Balaban J connectivity index is 2.32. The molecule has 0 aliphatic carbocycles. The Bertz CT molecular complexity index is 421. The Labute approximate surface area is 119 Å². The van der Waals surface area contributed by atoms with Gasteiger partial charge >= 0.3 is 0 Å². The summed E-state index contributed by atoms with van der Waals surface area (Å²) in [4.78, 5) is 0. The summed E-state index contributed by atoms with van der Waals surface area (Å²) in [7, 11) is 1.69. The maximum atomic E-state index is 13.3. The van der Waals surface area contributed by atoms with E-state index in [0.29, 0.717) is 0 Å². The van der Waals surface area contributed by atoms with E-state index in [1.165, 1.54) is 11.6 Å². The van der Waals surface area contributed by atoms with Crippen molar-refractivity contribution in [3.63, 3.8) is 0 Å². The molecule has 106 valence electrons. The van der Waals surface area contributed by atoms with Gasteiger partial charge in [0.2, 0.25) is 0 Å². The Morgan fingerprint density at radius 2 is 2.21 bits per heavy atom. The van der Waals surface area contributed by atoms with E-state index in [9.17, 15) is 4.39 Å². The fraction of sp³-hybridized carbons (Fsp3) is 0.467. The SMILES string of the molecule is COCCNCC/C=C(/C)Cc1ccc(Cl)c(F)c1. The molecule has 4 heteroatoms. The number of hydrogen-bond donors (Lipinski definition) is 1. The zero-order valence-electron chi connectivity index (χ0n) is 11.5. The highest BCUT2D eigenvalue weighted by atomic mass is 35.5. The number of rotatable bonds is 8. The second-order valence-corrected chi connectivity index (χ2v) is 4.91. The van der Waals surface area contributed by atoms with E-state index in [2.05, 4.69) is 18.3 Å². The van der Waals surface area contributed by atoms with Gasteiger partial charge in [-0.2, -0.15) is 0 Å². The smallest absolute Gasteiger partial charge is 0.142 e. The summed E-state index contributed by atoms with van der Waals surface area (Å²) in [5.74, 6) is -0.354. The Morgan fingerprint density at radius 1 is 1.42 bits per heavy atom. The van der Waals surface area contributed by atoms with Crippen LogP contribution in [0.4, 0.5) is 4.39 Å². The molecule has 0 bridgehead atoms. The van der Waals surface area contributed by atoms with Crippen molar-refractivity contribution >= 4 is 11.6 Å². The van der Waals surface area contributed by atoms with E-state index < -0.39 is 0 Å². The van der Waals surface area contributed by atoms with Crippen LogP contribution in [0.15, 0.2) is 29.8 Å². The zero-order valence-corrected chi connectivity index (χ0v) is 12.3. The predicted molar refractivity (Wildman–Crippen MR) is 78.2 cm³/mol. The van der Waals surface area contributed by atoms with Gasteiger partial charge < -0.3 is 10.1 Å². The second kappa shape index (κ2) is 9.08. The quantitative estimate of drug-likeness (QED) is 0.582. The third-order valence-electron chi connectivity index (χ3n) is 2.76. The highest BCUT2D eigenvalue weighted by Crippen LogP contribution is 2.17. The molecule has 0 fully saturated rings. The topological polar surface area (TPSA) is 21.3 Å². The molecule has 0 spiro atoms. The molecule has 1 N–H and O–H groups in total.